The van der Waals surface area contributed by atoms with Gasteiger partial charge in [0, 0.05) is 32.3 Å². The molecular formula is C28H38N4O3. The van der Waals surface area contributed by atoms with Gasteiger partial charge in [-0.05, 0) is 48.7 Å². The topological polar surface area (TPSA) is 78.9 Å². The molecule has 7 nitrogen and oxygen atoms in total. The molecule has 1 amide bonds. The summed E-state index contributed by atoms with van der Waals surface area (Å²) in [5.74, 6) is 0.584. The van der Waals surface area contributed by atoms with Crippen LogP contribution in [0.3, 0.4) is 0 Å². The molecule has 1 aromatic heterocycles. The summed E-state index contributed by atoms with van der Waals surface area (Å²) in [5.41, 5.74) is 3.92. The number of hydrogen-bond acceptors (Lipinski definition) is 5. The molecule has 0 aliphatic carbocycles. The van der Waals surface area contributed by atoms with E-state index in [2.05, 4.69) is 40.1 Å². The van der Waals surface area contributed by atoms with Gasteiger partial charge in [-0.25, -0.2) is 0 Å². The average molecular weight is 479 g/mol. The Morgan fingerprint density at radius 3 is 2.63 bits per heavy atom. The third kappa shape index (κ3) is 9.39. The Labute approximate surface area is 209 Å². The highest BCUT2D eigenvalue weighted by Crippen LogP contribution is 2.19. The first kappa shape index (κ1) is 27.8. The number of morpholine rings is 1. The van der Waals surface area contributed by atoms with Crippen LogP contribution in [0.5, 0.6) is 0 Å². The number of carbonyl (C=O) groups is 1. The number of aromatic amines is 1. The average Bonchev–Trinajstić information content (AvgIpc) is 3.42. The van der Waals surface area contributed by atoms with Gasteiger partial charge in [0.15, 0.2) is 0 Å². The minimum Gasteiger partial charge on any atom is -0.379 e. The highest BCUT2D eigenvalue weighted by atomic mass is 16.6. The Bertz CT molecular complexity index is 989. The van der Waals surface area contributed by atoms with Crippen LogP contribution in [0.1, 0.15) is 48.3 Å². The quantitative estimate of drug-likeness (QED) is 0.119. The number of carbonyl (C=O) groups excluding carboxylic acids is 1. The van der Waals surface area contributed by atoms with Gasteiger partial charge < -0.3 is 19.9 Å². The smallest absolute Gasteiger partial charge is 0.267 e. The van der Waals surface area contributed by atoms with Crippen molar-refractivity contribution in [3.05, 3.63) is 91.0 Å². The molecule has 0 radical (unpaired) electrons. The Balaban J connectivity index is 0.00000210. The van der Waals surface area contributed by atoms with E-state index in [1.54, 1.807) is 6.20 Å². The fourth-order valence-electron chi connectivity index (χ4n) is 3.47. The van der Waals surface area contributed by atoms with Crippen molar-refractivity contribution in [1.29, 1.82) is 0 Å². The van der Waals surface area contributed by atoms with Crippen molar-refractivity contribution in [1.82, 2.24) is 15.2 Å². The van der Waals surface area contributed by atoms with Gasteiger partial charge in [-0.1, -0.05) is 49.0 Å². The van der Waals surface area contributed by atoms with Crippen LogP contribution in [-0.2, 0) is 9.57 Å². The van der Waals surface area contributed by atoms with Gasteiger partial charge in [-0.15, -0.1) is 13.2 Å². The van der Waals surface area contributed by atoms with Crippen LogP contribution in [0.15, 0.2) is 79.3 Å². The number of amides is 1. The molecule has 0 spiro atoms. The third-order valence-corrected chi connectivity index (χ3v) is 5.51. The number of nitrogens with zero attached hydrogens (tertiary/aromatic N) is 2. The summed E-state index contributed by atoms with van der Waals surface area (Å²) in [4.78, 5) is 23.5. The molecule has 0 unspecified atom stereocenters. The monoisotopic (exact) mass is 478 g/mol. The van der Waals surface area contributed by atoms with Crippen molar-refractivity contribution < 1.29 is 14.4 Å². The lowest BCUT2D eigenvalue weighted by atomic mass is 10.1. The second-order valence-electron chi connectivity index (χ2n) is 7.99. The van der Waals surface area contributed by atoms with E-state index < -0.39 is 0 Å². The Kier molecular flexibility index (Phi) is 12.3. The van der Waals surface area contributed by atoms with Crippen molar-refractivity contribution in [3.63, 3.8) is 0 Å². The molecule has 35 heavy (non-hydrogen) atoms. The number of benzene rings is 1. The Hall–Kier alpha value is -3.42. The number of nitrogens with one attached hydrogen (secondary N) is 2. The first-order chi connectivity index (χ1) is 17.1. The SMILES string of the molecule is C=C.C=C(/C=C(\CC)O/N=C(\C)c1ccccc1)c1c[nH]c(C(=O)NCCCN2CCOCC2)c1. The number of rotatable bonds is 11. The van der Waals surface area contributed by atoms with E-state index in [1.807, 2.05) is 56.3 Å². The van der Waals surface area contributed by atoms with Crippen molar-refractivity contribution in [3.8, 4) is 0 Å². The van der Waals surface area contributed by atoms with Gasteiger partial charge in [-0.2, -0.15) is 0 Å². The highest BCUT2D eigenvalue weighted by molar-refractivity contribution is 5.98. The maximum Gasteiger partial charge on any atom is 0.267 e. The molecular weight excluding hydrogens is 440 g/mol. The summed E-state index contributed by atoms with van der Waals surface area (Å²) in [7, 11) is 0. The van der Waals surface area contributed by atoms with Crippen LogP contribution in [-0.4, -0.2) is 60.9 Å². The molecule has 2 heterocycles. The summed E-state index contributed by atoms with van der Waals surface area (Å²) >= 11 is 0. The molecule has 7 heteroatoms. The van der Waals surface area contributed by atoms with Gasteiger partial charge in [0.05, 0.1) is 18.9 Å². The summed E-state index contributed by atoms with van der Waals surface area (Å²) in [5, 5.41) is 7.22. The lowest BCUT2D eigenvalue weighted by Gasteiger charge is -2.26. The van der Waals surface area contributed by atoms with Crippen LogP contribution in [0, 0.1) is 0 Å². The van der Waals surface area contributed by atoms with Gasteiger partial charge in [-0.3, -0.25) is 9.69 Å². The molecule has 2 aromatic rings. The highest BCUT2D eigenvalue weighted by Gasteiger charge is 2.12. The molecule has 0 saturated carbocycles. The second kappa shape index (κ2) is 15.5. The number of aromatic nitrogens is 1. The van der Waals surface area contributed by atoms with Crippen LogP contribution < -0.4 is 5.32 Å². The van der Waals surface area contributed by atoms with Crippen LogP contribution in [0.25, 0.3) is 5.57 Å². The number of hydrogen-bond donors (Lipinski definition) is 2. The zero-order valence-corrected chi connectivity index (χ0v) is 21.0. The number of H-pyrrole nitrogens is 1. The van der Waals surface area contributed by atoms with Gasteiger partial charge in [0.2, 0.25) is 0 Å². The maximum atomic E-state index is 12.5. The molecule has 188 valence electrons. The Morgan fingerprint density at radius 2 is 1.94 bits per heavy atom. The fraction of sp³-hybridized carbons (Fsp3) is 0.357. The van der Waals surface area contributed by atoms with Crippen LogP contribution >= 0.6 is 0 Å². The predicted molar refractivity (Wildman–Crippen MR) is 143 cm³/mol. The van der Waals surface area contributed by atoms with E-state index in [4.69, 9.17) is 9.57 Å². The van der Waals surface area contributed by atoms with Gasteiger partial charge >= 0.3 is 0 Å². The number of ether oxygens (including phenoxy) is 1. The van der Waals surface area contributed by atoms with Crippen molar-refractivity contribution in [2.75, 3.05) is 39.4 Å². The summed E-state index contributed by atoms with van der Waals surface area (Å²) in [6.07, 6.45) is 5.22. The second-order valence-corrected chi connectivity index (χ2v) is 7.99. The molecule has 1 fully saturated rings. The maximum absolute atomic E-state index is 12.5. The molecule has 1 saturated heterocycles. The largest absolute Gasteiger partial charge is 0.379 e. The Morgan fingerprint density at radius 1 is 1.23 bits per heavy atom. The molecule has 3 rings (SSSR count). The molecule has 0 bridgehead atoms. The van der Waals surface area contributed by atoms with Gasteiger partial charge in [0.25, 0.3) is 5.91 Å². The van der Waals surface area contributed by atoms with E-state index >= 15 is 0 Å². The van der Waals surface area contributed by atoms with E-state index in [1.165, 1.54) is 0 Å². The van der Waals surface area contributed by atoms with Crippen molar-refractivity contribution in [2.45, 2.75) is 26.7 Å². The first-order valence-electron chi connectivity index (χ1n) is 12.0. The number of allylic oxidation sites excluding steroid dienone is 3. The molecule has 2 N–H and O–H groups in total. The molecule has 1 aliphatic rings. The first-order valence-corrected chi connectivity index (χ1v) is 12.0. The summed E-state index contributed by atoms with van der Waals surface area (Å²) in [6, 6.07) is 11.7. The number of oxime groups is 1. The molecule has 0 atom stereocenters. The predicted octanol–water partition coefficient (Wildman–Crippen LogP) is 5.02. The van der Waals surface area contributed by atoms with Gasteiger partial charge in [0.1, 0.15) is 11.5 Å². The zero-order chi connectivity index (χ0) is 25.5. The lowest BCUT2D eigenvalue weighted by molar-refractivity contribution is 0.0374. The van der Waals surface area contributed by atoms with E-state index in [0.717, 1.165) is 61.7 Å². The van der Waals surface area contributed by atoms with Crippen molar-refractivity contribution >= 4 is 17.2 Å². The van der Waals surface area contributed by atoms with E-state index in [0.29, 0.717) is 24.4 Å². The third-order valence-electron chi connectivity index (χ3n) is 5.51. The fourth-order valence-corrected chi connectivity index (χ4v) is 3.47. The summed E-state index contributed by atoms with van der Waals surface area (Å²) < 4.78 is 5.36. The standard InChI is InChI=1S/C26H34N4O3.C2H4/c1-4-24(33-29-21(3)22-9-6-5-7-10-22)17-20(2)23-18-25(28-19-23)26(31)27-11-8-12-30-13-15-32-16-14-30;1-2/h5-7,9-10,17-19,28H,2,4,8,11-16H2,1,3H3,(H,27,31);1-2H2/b24-17+,29-21+;. The molecule has 1 aromatic carbocycles. The van der Waals surface area contributed by atoms with E-state index in [9.17, 15) is 4.79 Å². The van der Waals surface area contributed by atoms with Crippen molar-refractivity contribution in [2.24, 2.45) is 5.16 Å². The zero-order valence-electron chi connectivity index (χ0n) is 21.0. The van der Waals surface area contributed by atoms with Crippen LogP contribution in [0.2, 0.25) is 0 Å². The van der Waals surface area contributed by atoms with E-state index in [-0.39, 0.29) is 5.91 Å². The van der Waals surface area contributed by atoms with Crippen LogP contribution in [0.4, 0.5) is 0 Å². The molecule has 1 aliphatic heterocycles. The minimum atomic E-state index is -0.116. The normalized spacial score (nSPS) is 14.6. The summed E-state index contributed by atoms with van der Waals surface area (Å²) in [6.45, 7) is 19.1. The lowest BCUT2D eigenvalue weighted by Crippen LogP contribution is -2.38. The minimum absolute atomic E-state index is 0.116.